The van der Waals surface area contributed by atoms with Gasteiger partial charge in [0.2, 0.25) is 17.7 Å². The Kier molecular flexibility index (Phi) is 7.47. The molecule has 0 saturated heterocycles. The van der Waals surface area contributed by atoms with E-state index in [0.717, 1.165) is 0 Å². The van der Waals surface area contributed by atoms with Crippen molar-refractivity contribution in [1.82, 2.24) is 19.9 Å². The van der Waals surface area contributed by atoms with Crippen LogP contribution in [0.15, 0.2) is 54.6 Å². The molecule has 4 aromatic rings. The molecule has 3 heterocycles. The van der Waals surface area contributed by atoms with E-state index in [9.17, 15) is 18.0 Å². The summed E-state index contributed by atoms with van der Waals surface area (Å²) in [5.41, 5.74) is 7.41. The Morgan fingerprint density at radius 1 is 1.00 bits per heavy atom. The average molecular weight is 511 g/mol. The van der Waals surface area contributed by atoms with Crippen LogP contribution in [0, 0.1) is 12.7 Å². The summed E-state index contributed by atoms with van der Waals surface area (Å²) >= 11 is 0. The number of rotatable bonds is 9. The molecule has 0 saturated carbocycles. The molecular weight excluding hydrogens is 491 g/mol. The summed E-state index contributed by atoms with van der Waals surface area (Å²) < 4.78 is 51.7. The predicted molar refractivity (Wildman–Crippen MR) is 126 cm³/mol. The number of aliphatic carboxylic acids is 1. The molecule has 12 heteroatoms. The predicted octanol–water partition coefficient (Wildman–Crippen LogP) is 4.61. The van der Waals surface area contributed by atoms with Crippen LogP contribution in [0.5, 0.6) is 11.8 Å². The van der Waals surface area contributed by atoms with Crippen molar-refractivity contribution < 1.29 is 32.5 Å². The van der Waals surface area contributed by atoms with E-state index in [-0.39, 0.29) is 35.6 Å². The summed E-state index contributed by atoms with van der Waals surface area (Å²) in [4.78, 5) is 27.3. The normalized spacial score (nSPS) is 10.9. The van der Waals surface area contributed by atoms with Gasteiger partial charge in [0.1, 0.15) is 18.1 Å². The van der Waals surface area contributed by atoms with Gasteiger partial charge in [0.05, 0.1) is 17.0 Å². The third kappa shape index (κ3) is 6.28. The minimum atomic E-state index is -2.83. The number of nitrogen functional groups attached to an aromatic ring is 1. The standard InChI is InChI=1S/C25H20F3N5O4/c1-13-9-15(10-18(30-13)23(27)28)21-22(14-5-7-16(26)8-6-14)32-25(29)33-24(21)37-11-17-3-2-4-19(31-17)36-12-20(34)35/h2-10,23H,11-12H2,1H3,(H,34,35)(H2,29,32,33). The second-order valence-corrected chi connectivity index (χ2v) is 7.78. The number of aryl methyl sites for hydroxylation is 1. The highest BCUT2D eigenvalue weighted by Gasteiger charge is 2.22. The maximum absolute atomic E-state index is 13.6. The van der Waals surface area contributed by atoms with Gasteiger partial charge < -0.3 is 20.3 Å². The van der Waals surface area contributed by atoms with Crippen LogP contribution < -0.4 is 15.2 Å². The number of carboxylic acids is 1. The summed E-state index contributed by atoms with van der Waals surface area (Å²) in [6.07, 6.45) is -2.83. The number of carboxylic acid groups (broad SMARTS) is 1. The molecule has 190 valence electrons. The van der Waals surface area contributed by atoms with E-state index in [1.165, 1.54) is 36.4 Å². The molecule has 37 heavy (non-hydrogen) atoms. The first kappa shape index (κ1) is 25.4. The lowest BCUT2D eigenvalue weighted by molar-refractivity contribution is -0.139. The van der Waals surface area contributed by atoms with Crippen molar-refractivity contribution in [2.75, 3.05) is 12.3 Å². The number of halogens is 3. The number of hydrogen-bond donors (Lipinski definition) is 2. The summed E-state index contributed by atoms with van der Waals surface area (Å²) in [7, 11) is 0. The van der Waals surface area contributed by atoms with Crippen molar-refractivity contribution in [2.45, 2.75) is 20.0 Å². The Morgan fingerprint density at radius 2 is 1.76 bits per heavy atom. The van der Waals surface area contributed by atoms with Gasteiger partial charge in [-0.15, -0.1) is 0 Å². The number of carbonyl (C=O) groups is 1. The van der Waals surface area contributed by atoms with Crippen LogP contribution in [-0.4, -0.2) is 37.6 Å². The van der Waals surface area contributed by atoms with Gasteiger partial charge in [-0.1, -0.05) is 6.07 Å². The monoisotopic (exact) mass is 511 g/mol. The fourth-order valence-electron chi connectivity index (χ4n) is 3.48. The minimum absolute atomic E-state index is 0.0312. The SMILES string of the molecule is Cc1cc(-c2c(OCc3cccc(OCC(=O)O)n3)nc(N)nc2-c2ccc(F)cc2)cc(C(F)F)n1. The zero-order chi connectivity index (χ0) is 26.5. The Labute approximate surface area is 208 Å². The number of alkyl halides is 2. The number of hydrogen-bond acceptors (Lipinski definition) is 8. The molecule has 0 fully saturated rings. The first-order valence-electron chi connectivity index (χ1n) is 10.8. The Hall–Kier alpha value is -4.74. The number of nitrogens with two attached hydrogens (primary N) is 1. The topological polar surface area (TPSA) is 133 Å². The third-order valence-corrected chi connectivity index (χ3v) is 4.98. The highest BCUT2D eigenvalue weighted by atomic mass is 19.3. The highest BCUT2D eigenvalue weighted by molar-refractivity contribution is 5.85. The van der Waals surface area contributed by atoms with Gasteiger partial charge in [-0.3, -0.25) is 4.98 Å². The van der Waals surface area contributed by atoms with Crippen LogP contribution in [0.1, 0.15) is 23.5 Å². The quantitative estimate of drug-likeness (QED) is 0.330. The smallest absolute Gasteiger partial charge is 0.341 e. The summed E-state index contributed by atoms with van der Waals surface area (Å²) in [6, 6.07) is 12.9. The lowest BCUT2D eigenvalue weighted by atomic mass is 9.99. The molecule has 4 rings (SSSR count). The second-order valence-electron chi connectivity index (χ2n) is 7.78. The first-order chi connectivity index (χ1) is 17.7. The lowest BCUT2D eigenvalue weighted by Gasteiger charge is -2.16. The molecule has 0 amide bonds. The van der Waals surface area contributed by atoms with Crippen molar-refractivity contribution in [2.24, 2.45) is 0 Å². The molecule has 0 atom stereocenters. The zero-order valence-electron chi connectivity index (χ0n) is 19.4. The number of benzene rings is 1. The van der Waals surface area contributed by atoms with Gasteiger partial charge in [0.15, 0.2) is 6.61 Å². The maximum atomic E-state index is 13.6. The van der Waals surface area contributed by atoms with E-state index in [1.54, 1.807) is 25.1 Å². The average Bonchev–Trinajstić information content (AvgIpc) is 2.86. The van der Waals surface area contributed by atoms with Crippen molar-refractivity contribution in [3.63, 3.8) is 0 Å². The molecule has 0 aliphatic rings. The second kappa shape index (κ2) is 10.9. The van der Waals surface area contributed by atoms with E-state index >= 15 is 0 Å². The fraction of sp³-hybridized carbons (Fsp3) is 0.160. The van der Waals surface area contributed by atoms with Gasteiger partial charge in [-0.05, 0) is 55.0 Å². The van der Waals surface area contributed by atoms with Gasteiger partial charge in [-0.2, -0.15) is 4.98 Å². The molecule has 0 spiro atoms. The highest BCUT2D eigenvalue weighted by Crippen LogP contribution is 2.39. The number of ether oxygens (including phenoxy) is 2. The molecule has 9 nitrogen and oxygen atoms in total. The molecule has 3 N–H and O–H groups in total. The molecule has 3 aromatic heterocycles. The van der Waals surface area contributed by atoms with Crippen molar-refractivity contribution in [3.8, 4) is 34.1 Å². The largest absolute Gasteiger partial charge is 0.479 e. The zero-order valence-corrected chi connectivity index (χ0v) is 19.4. The third-order valence-electron chi connectivity index (χ3n) is 4.98. The molecule has 0 aliphatic heterocycles. The summed E-state index contributed by atoms with van der Waals surface area (Å²) in [5.74, 6) is -1.75. The fourth-order valence-corrected chi connectivity index (χ4v) is 3.48. The van der Waals surface area contributed by atoms with Crippen molar-refractivity contribution in [1.29, 1.82) is 0 Å². The van der Waals surface area contributed by atoms with Crippen LogP contribution in [0.25, 0.3) is 22.4 Å². The number of aromatic nitrogens is 4. The van der Waals surface area contributed by atoms with Gasteiger partial charge >= 0.3 is 5.97 Å². The maximum Gasteiger partial charge on any atom is 0.341 e. The Bertz CT molecular complexity index is 1430. The van der Waals surface area contributed by atoms with Gasteiger partial charge in [-0.25, -0.2) is 27.9 Å². The van der Waals surface area contributed by atoms with E-state index < -0.39 is 30.5 Å². The van der Waals surface area contributed by atoms with Gasteiger partial charge in [0.25, 0.3) is 6.43 Å². The van der Waals surface area contributed by atoms with Gasteiger partial charge in [0, 0.05) is 17.3 Å². The molecule has 0 unspecified atom stereocenters. The Morgan fingerprint density at radius 3 is 2.46 bits per heavy atom. The molecule has 0 radical (unpaired) electrons. The van der Waals surface area contributed by atoms with Crippen LogP contribution in [0.4, 0.5) is 19.1 Å². The van der Waals surface area contributed by atoms with E-state index in [1.807, 2.05) is 0 Å². The van der Waals surface area contributed by atoms with Crippen LogP contribution in [0.3, 0.4) is 0 Å². The van der Waals surface area contributed by atoms with Crippen LogP contribution >= 0.6 is 0 Å². The molecule has 0 bridgehead atoms. The molecular formula is C25H20F3N5O4. The van der Waals surface area contributed by atoms with E-state index in [0.29, 0.717) is 22.5 Å². The molecule has 1 aromatic carbocycles. The Balaban J connectivity index is 1.79. The van der Waals surface area contributed by atoms with Crippen LogP contribution in [-0.2, 0) is 11.4 Å². The van der Waals surface area contributed by atoms with E-state index in [4.69, 9.17) is 20.3 Å². The van der Waals surface area contributed by atoms with Crippen molar-refractivity contribution in [3.05, 3.63) is 77.5 Å². The first-order valence-corrected chi connectivity index (χ1v) is 10.8. The van der Waals surface area contributed by atoms with E-state index in [2.05, 4.69) is 19.9 Å². The van der Waals surface area contributed by atoms with Crippen LogP contribution in [0.2, 0.25) is 0 Å². The summed E-state index contributed by atoms with van der Waals surface area (Å²) in [5, 5.41) is 8.79. The minimum Gasteiger partial charge on any atom is -0.479 e. The lowest BCUT2D eigenvalue weighted by Crippen LogP contribution is -2.11. The number of anilines is 1. The molecule has 0 aliphatic carbocycles. The van der Waals surface area contributed by atoms with Crippen molar-refractivity contribution >= 4 is 11.9 Å². The number of pyridine rings is 2. The number of nitrogens with zero attached hydrogens (tertiary/aromatic N) is 4. The summed E-state index contributed by atoms with van der Waals surface area (Å²) in [6.45, 7) is 0.847.